The number of anilines is 1. The summed E-state index contributed by atoms with van der Waals surface area (Å²) in [4.78, 5) is 14.7. The summed E-state index contributed by atoms with van der Waals surface area (Å²) in [5.74, 6) is 1.09. The molecular weight excluding hydrogens is 523 g/mol. The molecule has 0 aliphatic carbocycles. The number of carbonyl (C=O) groups is 1. The predicted octanol–water partition coefficient (Wildman–Crippen LogP) is 4.69. The molecule has 204 valence electrons. The smallest absolute Gasteiger partial charge is 0.410 e. The lowest BCUT2D eigenvalue weighted by atomic mass is 9.96. The van der Waals surface area contributed by atoms with Crippen molar-refractivity contribution in [2.45, 2.75) is 24.7 Å². The fraction of sp³-hybridized carbons (Fsp3) is 0.385. The minimum absolute atomic E-state index is 0. The van der Waals surface area contributed by atoms with Crippen LogP contribution in [-0.2, 0) is 0 Å². The molecule has 0 bridgehead atoms. The molecule has 38 heavy (non-hydrogen) atoms. The first-order valence-electron chi connectivity index (χ1n) is 12.0. The third kappa shape index (κ3) is 5.39. The largest absolute Gasteiger partial charge is 0.493 e. The number of carbonyl (C=O) groups excluding carboxylic acids is 1. The second-order valence-corrected chi connectivity index (χ2v) is 9.09. The van der Waals surface area contributed by atoms with Crippen molar-refractivity contribution in [3.05, 3.63) is 59.7 Å². The van der Waals surface area contributed by atoms with Crippen molar-refractivity contribution < 1.29 is 27.4 Å². The van der Waals surface area contributed by atoms with Crippen molar-refractivity contribution in [2.24, 2.45) is 0 Å². The van der Waals surface area contributed by atoms with Crippen LogP contribution in [0.15, 0.2) is 48.5 Å². The van der Waals surface area contributed by atoms with Gasteiger partial charge in [0.25, 0.3) is 5.91 Å². The summed E-state index contributed by atoms with van der Waals surface area (Å²) in [5, 5.41) is 10.7. The first kappa shape index (κ1) is 27.6. The van der Waals surface area contributed by atoms with Gasteiger partial charge >= 0.3 is 6.18 Å². The standard InChI is InChI=1S/C26H28F3N5O3.ClH/c1-36-21-7-6-17(13-22(21)37-2)19-14-23(26(27,28)29)34-24(31-19)15-20(32-34)16-4-3-5-18(12-16)25(35)33-10-8-30-9-11-33;/h3-7,12-13,15,19,23,30-31H,8-11,14H2,1-2H3;1H. The lowest BCUT2D eigenvalue weighted by Crippen LogP contribution is -2.46. The van der Waals surface area contributed by atoms with E-state index in [1.165, 1.54) is 14.2 Å². The van der Waals surface area contributed by atoms with Gasteiger partial charge in [0.1, 0.15) is 5.82 Å². The van der Waals surface area contributed by atoms with Crippen molar-refractivity contribution in [3.63, 3.8) is 0 Å². The third-order valence-electron chi connectivity index (χ3n) is 6.81. The Hall–Kier alpha value is -3.44. The zero-order valence-corrected chi connectivity index (χ0v) is 21.7. The Morgan fingerprint density at radius 1 is 1.03 bits per heavy atom. The van der Waals surface area contributed by atoms with E-state index in [9.17, 15) is 18.0 Å². The minimum atomic E-state index is -4.50. The molecule has 5 rings (SSSR count). The van der Waals surface area contributed by atoms with E-state index in [1.54, 1.807) is 53.4 Å². The Balaban J connectivity index is 0.00000336. The van der Waals surface area contributed by atoms with Crippen LogP contribution in [0.5, 0.6) is 11.5 Å². The fourth-order valence-electron chi connectivity index (χ4n) is 4.86. The topological polar surface area (TPSA) is 80.7 Å². The molecule has 2 aliphatic heterocycles. The number of aromatic nitrogens is 2. The second-order valence-electron chi connectivity index (χ2n) is 9.09. The van der Waals surface area contributed by atoms with Gasteiger partial charge in [-0.25, -0.2) is 4.68 Å². The Kier molecular flexibility index (Phi) is 8.08. The summed E-state index contributed by atoms with van der Waals surface area (Å²) in [6.45, 7) is 2.67. The minimum Gasteiger partial charge on any atom is -0.493 e. The maximum atomic E-state index is 14.2. The number of fused-ring (bicyclic) bond motifs is 1. The van der Waals surface area contributed by atoms with Crippen LogP contribution in [0.2, 0.25) is 0 Å². The van der Waals surface area contributed by atoms with Crippen molar-refractivity contribution in [1.29, 1.82) is 0 Å². The third-order valence-corrected chi connectivity index (χ3v) is 6.81. The van der Waals surface area contributed by atoms with Crippen LogP contribution in [0.1, 0.15) is 34.4 Å². The summed E-state index contributed by atoms with van der Waals surface area (Å²) in [5.41, 5.74) is 2.06. The van der Waals surface area contributed by atoms with Gasteiger partial charge in [-0.05, 0) is 29.8 Å². The average Bonchev–Trinajstić information content (AvgIpc) is 3.36. The van der Waals surface area contributed by atoms with E-state index < -0.39 is 18.3 Å². The first-order valence-corrected chi connectivity index (χ1v) is 12.0. The first-order chi connectivity index (χ1) is 17.8. The predicted molar refractivity (Wildman–Crippen MR) is 139 cm³/mol. The summed E-state index contributed by atoms with van der Waals surface area (Å²) < 4.78 is 54.1. The van der Waals surface area contributed by atoms with E-state index in [0.717, 1.165) is 17.8 Å². The molecule has 2 atom stereocenters. The molecule has 0 spiro atoms. The molecule has 2 N–H and O–H groups in total. The highest BCUT2D eigenvalue weighted by Gasteiger charge is 2.46. The number of hydrogen-bond acceptors (Lipinski definition) is 6. The summed E-state index contributed by atoms with van der Waals surface area (Å²) in [6, 6.07) is 11.1. The number of halogens is 4. The Morgan fingerprint density at radius 3 is 2.45 bits per heavy atom. The van der Waals surface area contributed by atoms with Crippen LogP contribution in [0, 0.1) is 0 Å². The van der Waals surface area contributed by atoms with Crippen molar-refractivity contribution in [2.75, 3.05) is 45.7 Å². The lowest BCUT2D eigenvalue weighted by molar-refractivity contribution is -0.173. The maximum absolute atomic E-state index is 14.2. The summed E-state index contributed by atoms with van der Waals surface area (Å²) in [6.07, 6.45) is -4.75. The number of nitrogens with one attached hydrogen (secondary N) is 2. The zero-order chi connectivity index (χ0) is 26.2. The van der Waals surface area contributed by atoms with Gasteiger partial charge in [-0.15, -0.1) is 12.4 Å². The quantitative estimate of drug-likeness (QED) is 0.479. The van der Waals surface area contributed by atoms with Crippen LogP contribution in [0.3, 0.4) is 0 Å². The highest BCUT2D eigenvalue weighted by atomic mass is 35.5. The van der Waals surface area contributed by atoms with E-state index in [-0.39, 0.29) is 30.6 Å². The number of methoxy groups -OCH3 is 2. The highest BCUT2D eigenvalue weighted by Crippen LogP contribution is 2.45. The number of hydrogen-bond donors (Lipinski definition) is 2. The van der Waals surface area contributed by atoms with Crippen LogP contribution >= 0.6 is 12.4 Å². The molecule has 1 aromatic heterocycles. The number of amides is 1. The maximum Gasteiger partial charge on any atom is 0.410 e. The Labute approximate surface area is 224 Å². The number of piperazine rings is 1. The molecule has 1 amide bonds. The Morgan fingerprint density at radius 2 is 1.76 bits per heavy atom. The molecule has 0 saturated carbocycles. The molecular formula is C26H29ClF3N5O3. The molecule has 2 unspecified atom stereocenters. The average molecular weight is 552 g/mol. The van der Waals surface area contributed by atoms with E-state index >= 15 is 0 Å². The van der Waals surface area contributed by atoms with Gasteiger partial charge in [0.15, 0.2) is 17.5 Å². The molecule has 1 saturated heterocycles. The van der Waals surface area contributed by atoms with Gasteiger partial charge in [0.2, 0.25) is 0 Å². The van der Waals surface area contributed by atoms with Crippen molar-refractivity contribution in [3.8, 4) is 22.8 Å². The molecule has 3 heterocycles. The van der Waals surface area contributed by atoms with Gasteiger partial charge in [0, 0.05) is 49.8 Å². The zero-order valence-electron chi connectivity index (χ0n) is 20.9. The number of rotatable bonds is 5. The van der Waals surface area contributed by atoms with E-state index in [4.69, 9.17) is 9.47 Å². The number of alkyl halides is 3. The molecule has 2 aliphatic rings. The van der Waals surface area contributed by atoms with Crippen LogP contribution in [0.25, 0.3) is 11.3 Å². The van der Waals surface area contributed by atoms with E-state index in [1.807, 2.05) is 0 Å². The van der Waals surface area contributed by atoms with Crippen LogP contribution in [-0.4, -0.2) is 67.2 Å². The molecule has 1 fully saturated rings. The molecule has 12 heteroatoms. The fourth-order valence-corrected chi connectivity index (χ4v) is 4.86. The van der Waals surface area contributed by atoms with Crippen LogP contribution in [0.4, 0.5) is 19.0 Å². The van der Waals surface area contributed by atoms with Gasteiger partial charge in [0.05, 0.1) is 26.0 Å². The van der Waals surface area contributed by atoms with Crippen LogP contribution < -0.4 is 20.1 Å². The summed E-state index contributed by atoms with van der Waals surface area (Å²) in [7, 11) is 2.99. The van der Waals surface area contributed by atoms with E-state index in [0.29, 0.717) is 47.0 Å². The summed E-state index contributed by atoms with van der Waals surface area (Å²) >= 11 is 0. The number of ether oxygens (including phenoxy) is 2. The van der Waals surface area contributed by atoms with Crippen molar-refractivity contribution >= 4 is 24.1 Å². The number of nitrogens with zero attached hydrogens (tertiary/aromatic N) is 3. The van der Waals surface area contributed by atoms with E-state index in [2.05, 4.69) is 15.7 Å². The van der Waals surface area contributed by atoms with Gasteiger partial charge < -0.3 is 25.0 Å². The van der Waals surface area contributed by atoms with Gasteiger partial charge in [-0.2, -0.15) is 18.3 Å². The molecule has 0 radical (unpaired) electrons. The Bertz CT molecular complexity index is 1290. The molecule has 2 aromatic carbocycles. The highest BCUT2D eigenvalue weighted by molar-refractivity contribution is 5.95. The molecule has 3 aromatic rings. The SMILES string of the molecule is COc1ccc(C2CC(C(F)(F)F)n3nc(-c4cccc(C(=O)N5CCNCC5)c4)cc3N2)cc1OC.Cl. The van der Waals surface area contributed by atoms with Gasteiger partial charge in [-0.1, -0.05) is 18.2 Å². The second kappa shape index (κ2) is 11.1. The normalized spacial score (nSPS) is 19.1. The molecule has 8 nitrogen and oxygen atoms in total. The number of benzene rings is 2. The lowest BCUT2D eigenvalue weighted by Gasteiger charge is -2.33. The monoisotopic (exact) mass is 551 g/mol. The van der Waals surface area contributed by atoms with Gasteiger partial charge in [-0.3, -0.25) is 4.79 Å². The van der Waals surface area contributed by atoms with Crippen molar-refractivity contribution in [1.82, 2.24) is 20.0 Å².